The number of fused-ring (bicyclic) bond motifs is 3. The van der Waals surface area contributed by atoms with Gasteiger partial charge in [-0.25, -0.2) is 24.3 Å². The summed E-state index contributed by atoms with van der Waals surface area (Å²) >= 11 is 0. The quantitative estimate of drug-likeness (QED) is 0.614. The van der Waals surface area contributed by atoms with Crippen LogP contribution in [0.5, 0.6) is 0 Å². The predicted octanol–water partition coefficient (Wildman–Crippen LogP) is 3.98. The molecule has 32 heavy (non-hydrogen) atoms. The Morgan fingerprint density at radius 1 is 1.22 bits per heavy atom. The third-order valence-electron chi connectivity index (χ3n) is 7.13. The molecular weight excluding hydrogens is 405 g/mol. The Morgan fingerprint density at radius 3 is 2.72 bits per heavy atom. The molecule has 6 nitrogen and oxygen atoms in total. The van der Waals surface area contributed by atoms with Gasteiger partial charge in [-0.3, -0.25) is 4.79 Å². The van der Waals surface area contributed by atoms with Gasteiger partial charge in [-0.15, -0.1) is 0 Å². The number of aromatic nitrogens is 4. The number of halogens is 1. The summed E-state index contributed by atoms with van der Waals surface area (Å²) in [5.74, 6) is -0.975. The minimum atomic E-state index is -0.769. The zero-order valence-electron chi connectivity index (χ0n) is 17.9. The minimum absolute atomic E-state index is 0.0320. The Balaban J connectivity index is 1.84. The van der Waals surface area contributed by atoms with E-state index < -0.39 is 11.3 Å². The second-order valence-corrected chi connectivity index (χ2v) is 8.78. The topological polar surface area (TPSA) is 92.4 Å². The van der Waals surface area contributed by atoms with Gasteiger partial charge < -0.3 is 0 Å². The maximum absolute atomic E-state index is 14.4. The Hall–Kier alpha value is -3.53. The van der Waals surface area contributed by atoms with Crippen molar-refractivity contribution in [2.75, 3.05) is 0 Å². The van der Waals surface area contributed by atoms with Crippen LogP contribution in [0.25, 0.3) is 11.3 Å². The van der Waals surface area contributed by atoms with Gasteiger partial charge in [0.05, 0.1) is 17.5 Å². The van der Waals surface area contributed by atoms with Crippen LogP contribution < -0.4 is 0 Å². The molecule has 2 aliphatic carbocycles. The number of nitriles is 1. The normalized spacial score (nSPS) is 26.7. The number of hydrogen-bond donors (Lipinski definition) is 0. The number of rotatable bonds is 2. The molecule has 1 saturated carbocycles. The van der Waals surface area contributed by atoms with Crippen LogP contribution in [0.15, 0.2) is 43.0 Å². The first-order chi connectivity index (χ1) is 15.5. The highest BCUT2D eigenvalue weighted by atomic mass is 19.1. The molecule has 0 bridgehead atoms. The van der Waals surface area contributed by atoms with Crippen molar-refractivity contribution in [1.82, 2.24) is 19.9 Å². The van der Waals surface area contributed by atoms with Crippen LogP contribution in [-0.2, 0) is 16.6 Å². The van der Waals surface area contributed by atoms with Crippen LogP contribution in [0.2, 0.25) is 0 Å². The zero-order chi connectivity index (χ0) is 22.5. The maximum Gasteiger partial charge on any atom is 0.153 e. The molecule has 0 aliphatic heterocycles. The highest BCUT2D eigenvalue weighted by Gasteiger charge is 2.56. The predicted molar refractivity (Wildman–Crippen MR) is 115 cm³/mol. The summed E-state index contributed by atoms with van der Waals surface area (Å²) in [4.78, 5) is 30.9. The van der Waals surface area contributed by atoms with E-state index in [-0.39, 0.29) is 29.9 Å². The van der Waals surface area contributed by atoms with Crippen molar-refractivity contribution in [1.29, 1.82) is 5.26 Å². The summed E-state index contributed by atoms with van der Waals surface area (Å²) in [5, 5.41) is 9.83. The van der Waals surface area contributed by atoms with E-state index in [1.54, 1.807) is 18.5 Å². The third kappa shape index (κ3) is 2.94. The average Bonchev–Trinajstić information content (AvgIpc) is 2.81. The fourth-order valence-electron chi connectivity index (χ4n) is 5.79. The van der Waals surface area contributed by atoms with Crippen molar-refractivity contribution in [3.63, 3.8) is 0 Å². The monoisotopic (exact) mass is 427 g/mol. The summed E-state index contributed by atoms with van der Waals surface area (Å²) in [6, 6.07) is 8.74. The molecule has 7 heteroatoms. The van der Waals surface area contributed by atoms with Crippen molar-refractivity contribution >= 4 is 5.78 Å². The molecule has 160 valence electrons. The van der Waals surface area contributed by atoms with E-state index in [0.717, 1.165) is 34.5 Å². The SMILES string of the molecule is Cc1nc(-c2cncnc2)c2c(n1)[C@]1(c3cccc(F)c3)CC(C#N)C(=O)[C@@H](C)[C@@H]1CC2. The number of ketones is 1. The van der Waals surface area contributed by atoms with Crippen LogP contribution in [0, 0.1) is 41.8 Å². The summed E-state index contributed by atoms with van der Waals surface area (Å²) in [6.45, 7) is 3.73. The summed E-state index contributed by atoms with van der Waals surface area (Å²) in [7, 11) is 0. The highest BCUT2D eigenvalue weighted by Crippen LogP contribution is 2.56. The van der Waals surface area contributed by atoms with E-state index in [9.17, 15) is 14.4 Å². The fraction of sp³-hybridized carbons (Fsp3) is 0.360. The van der Waals surface area contributed by atoms with Crippen LogP contribution in [-0.4, -0.2) is 25.7 Å². The van der Waals surface area contributed by atoms with E-state index >= 15 is 0 Å². The summed E-state index contributed by atoms with van der Waals surface area (Å²) in [6.07, 6.45) is 6.62. The van der Waals surface area contributed by atoms with E-state index in [0.29, 0.717) is 12.2 Å². The second-order valence-electron chi connectivity index (χ2n) is 8.78. The fourth-order valence-corrected chi connectivity index (χ4v) is 5.79. The molecule has 2 aliphatic rings. The van der Waals surface area contributed by atoms with Crippen molar-refractivity contribution in [2.24, 2.45) is 17.8 Å². The first-order valence-electron chi connectivity index (χ1n) is 10.8. The van der Waals surface area contributed by atoms with Crippen LogP contribution in [0.4, 0.5) is 4.39 Å². The van der Waals surface area contributed by atoms with Gasteiger partial charge in [0.15, 0.2) is 5.78 Å². The Bertz CT molecular complexity index is 1250. The molecule has 2 aromatic heterocycles. The van der Waals surface area contributed by atoms with Crippen LogP contribution >= 0.6 is 0 Å². The number of carbonyl (C=O) groups is 1. The van der Waals surface area contributed by atoms with Gasteiger partial charge >= 0.3 is 0 Å². The van der Waals surface area contributed by atoms with E-state index in [1.165, 1.54) is 18.5 Å². The molecule has 0 N–H and O–H groups in total. The highest BCUT2D eigenvalue weighted by molar-refractivity contribution is 5.87. The number of carbonyl (C=O) groups excluding carboxylic acids is 1. The average molecular weight is 427 g/mol. The maximum atomic E-state index is 14.4. The first-order valence-corrected chi connectivity index (χ1v) is 10.8. The second kappa shape index (κ2) is 7.56. The van der Waals surface area contributed by atoms with Crippen molar-refractivity contribution in [3.05, 3.63) is 71.4 Å². The van der Waals surface area contributed by atoms with E-state index in [2.05, 4.69) is 16.0 Å². The Morgan fingerprint density at radius 2 is 2.00 bits per heavy atom. The molecule has 1 fully saturated rings. The summed E-state index contributed by atoms with van der Waals surface area (Å²) < 4.78 is 14.4. The molecule has 5 rings (SSSR count). The van der Waals surface area contributed by atoms with Gasteiger partial charge in [-0.05, 0) is 49.8 Å². The molecular formula is C25H22FN5O. The molecule has 0 amide bonds. The number of aryl methyl sites for hydroxylation is 1. The van der Waals surface area contributed by atoms with E-state index in [4.69, 9.17) is 9.97 Å². The molecule has 2 heterocycles. The Labute approximate surface area is 185 Å². The lowest BCUT2D eigenvalue weighted by Gasteiger charge is -2.51. The molecule has 1 aromatic carbocycles. The first kappa shape index (κ1) is 20.4. The van der Waals surface area contributed by atoms with Crippen molar-refractivity contribution in [3.8, 4) is 17.3 Å². The molecule has 3 aromatic rings. The van der Waals surface area contributed by atoms with Crippen molar-refractivity contribution < 1.29 is 9.18 Å². The molecule has 0 saturated heterocycles. The van der Waals surface area contributed by atoms with Gasteiger partial charge in [0.25, 0.3) is 0 Å². The van der Waals surface area contributed by atoms with Crippen LogP contribution in [0.3, 0.4) is 0 Å². The van der Waals surface area contributed by atoms with Gasteiger partial charge in [-0.2, -0.15) is 5.26 Å². The zero-order valence-corrected chi connectivity index (χ0v) is 17.9. The van der Waals surface area contributed by atoms with Gasteiger partial charge in [0.1, 0.15) is 23.9 Å². The van der Waals surface area contributed by atoms with Gasteiger partial charge in [-0.1, -0.05) is 19.1 Å². The molecule has 1 unspecified atom stereocenters. The standard InChI is InChI=1S/C25H22FN5O/c1-14-21-7-6-20-22(17-11-28-13-29-12-17)30-15(2)31-24(20)25(21,9-16(10-27)23(14)32)18-4-3-5-19(26)8-18/h3-5,8,11-14,16,21H,6-7,9H2,1-2H3/t14-,16?,21-,25-/m0/s1. The number of benzene rings is 1. The molecule has 0 radical (unpaired) electrons. The Kier molecular flexibility index (Phi) is 4.81. The number of nitrogens with zero attached hydrogens (tertiary/aromatic N) is 5. The third-order valence-corrected chi connectivity index (χ3v) is 7.13. The lowest BCUT2D eigenvalue weighted by atomic mass is 9.50. The lowest BCUT2D eigenvalue weighted by molar-refractivity contribution is -0.131. The largest absolute Gasteiger partial charge is 0.298 e. The molecule has 4 atom stereocenters. The van der Waals surface area contributed by atoms with Crippen molar-refractivity contribution in [2.45, 2.75) is 38.5 Å². The van der Waals surface area contributed by atoms with Gasteiger partial charge in [0, 0.05) is 34.9 Å². The number of hydrogen-bond acceptors (Lipinski definition) is 6. The molecule has 0 spiro atoms. The lowest BCUT2D eigenvalue weighted by Crippen LogP contribution is -2.53. The summed E-state index contributed by atoms with van der Waals surface area (Å²) in [5.41, 5.74) is 3.33. The van der Waals surface area contributed by atoms with Crippen LogP contribution in [0.1, 0.15) is 42.4 Å². The minimum Gasteiger partial charge on any atom is -0.298 e. The smallest absolute Gasteiger partial charge is 0.153 e. The van der Waals surface area contributed by atoms with E-state index in [1.807, 2.05) is 19.9 Å². The van der Waals surface area contributed by atoms with Gasteiger partial charge in [0.2, 0.25) is 0 Å². The number of Topliss-reactive ketones (excluding diaryl/α,β-unsaturated/α-hetero) is 1.